The summed E-state index contributed by atoms with van der Waals surface area (Å²) in [7, 11) is 0. The molecule has 0 aromatic heterocycles. The Bertz CT molecular complexity index is 1340. The molecular weight excluding hydrogens is 546 g/mol. The number of hydrogen-bond acceptors (Lipinski definition) is 8. The van der Waals surface area contributed by atoms with E-state index in [0.717, 1.165) is 22.3 Å². The quantitative estimate of drug-likeness (QED) is 0.217. The van der Waals surface area contributed by atoms with E-state index in [-0.39, 0.29) is 36.8 Å². The monoisotopic (exact) mass is 579 g/mol. The Labute approximate surface area is 242 Å². The summed E-state index contributed by atoms with van der Waals surface area (Å²) in [5.41, 5.74) is 3.66. The van der Waals surface area contributed by atoms with Crippen LogP contribution in [0.4, 0.5) is 0 Å². The molecule has 1 amide bonds. The topological polar surface area (TPSA) is 131 Å². The van der Waals surface area contributed by atoms with Crippen molar-refractivity contribution in [2.24, 2.45) is 0 Å². The highest BCUT2D eigenvalue weighted by atomic mass is 32.2. The van der Waals surface area contributed by atoms with Crippen LogP contribution in [0.3, 0.4) is 0 Å². The maximum absolute atomic E-state index is 12.2. The van der Waals surface area contributed by atoms with E-state index >= 15 is 0 Å². The fourth-order valence-electron chi connectivity index (χ4n) is 4.40. The predicted molar refractivity (Wildman–Crippen MR) is 152 cm³/mol. The number of carbonyl (C=O) groups is 3. The maximum atomic E-state index is 12.2. The number of nitrogens with one attached hydrogen (secondary N) is 1. The summed E-state index contributed by atoms with van der Waals surface area (Å²) in [5.74, 6) is -1.35. The number of amides is 1. The number of carboxylic acid groups (broad SMARTS) is 1. The van der Waals surface area contributed by atoms with Crippen molar-refractivity contribution in [2.75, 3.05) is 5.75 Å². The first-order valence-corrected chi connectivity index (χ1v) is 14.2. The van der Waals surface area contributed by atoms with E-state index in [0.29, 0.717) is 17.1 Å². The van der Waals surface area contributed by atoms with Crippen LogP contribution in [0.25, 0.3) is 0 Å². The van der Waals surface area contributed by atoms with Crippen molar-refractivity contribution in [2.45, 2.75) is 62.9 Å². The molecule has 4 rings (SSSR count). The van der Waals surface area contributed by atoms with Gasteiger partial charge in [0.05, 0.1) is 24.4 Å². The lowest BCUT2D eigenvalue weighted by Crippen LogP contribution is -2.35. The number of thioether (sulfide) groups is 1. The molecule has 0 unspecified atom stereocenters. The summed E-state index contributed by atoms with van der Waals surface area (Å²) in [5, 5.41) is 21.7. The molecule has 216 valence electrons. The Morgan fingerprint density at radius 1 is 0.976 bits per heavy atom. The minimum absolute atomic E-state index is 0.0464. The number of carboxylic acids is 1. The average Bonchev–Trinajstić information content (AvgIpc) is 2.98. The van der Waals surface area contributed by atoms with Gasteiger partial charge in [0.2, 0.25) is 0 Å². The van der Waals surface area contributed by atoms with Crippen LogP contribution >= 0.6 is 11.8 Å². The summed E-state index contributed by atoms with van der Waals surface area (Å²) in [6, 6.07) is 22.0. The molecule has 4 atom stereocenters. The third-order valence-electron chi connectivity index (χ3n) is 6.59. The Morgan fingerprint density at radius 2 is 1.63 bits per heavy atom. The van der Waals surface area contributed by atoms with Crippen LogP contribution in [0.5, 0.6) is 0 Å². The molecule has 0 spiro atoms. The van der Waals surface area contributed by atoms with Crippen molar-refractivity contribution in [3.05, 3.63) is 101 Å². The molecule has 0 radical (unpaired) electrons. The fraction of sp³-hybridized carbons (Fsp3) is 0.323. The lowest BCUT2D eigenvalue weighted by molar-refractivity contribution is -0.245. The van der Waals surface area contributed by atoms with Gasteiger partial charge in [-0.05, 0) is 35.7 Å². The minimum Gasteiger partial charge on any atom is -0.478 e. The van der Waals surface area contributed by atoms with Crippen LogP contribution in [0.2, 0.25) is 0 Å². The zero-order valence-corrected chi connectivity index (χ0v) is 23.6. The number of carbonyl (C=O) groups excluding carboxylic acids is 2. The van der Waals surface area contributed by atoms with Crippen molar-refractivity contribution in [3.63, 3.8) is 0 Å². The molecule has 1 aliphatic heterocycles. The zero-order chi connectivity index (χ0) is 29.4. The molecule has 41 heavy (non-hydrogen) atoms. The smallest absolute Gasteiger partial charge is 0.336 e. The zero-order valence-electron chi connectivity index (χ0n) is 22.8. The number of aliphatic hydroxyl groups excluding tert-OH is 1. The Balaban J connectivity index is 1.47. The first-order chi connectivity index (χ1) is 19.7. The second kappa shape index (κ2) is 14.3. The second-order valence-corrected chi connectivity index (χ2v) is 10.7. The van der Waals surface area contributed by atoms with E-state index < -0.39 is 24.3 Å². The molecule has 9 nitrogen and oxygen atoms in total. The summed E-state index contributed by atoms with van der Waals surface area (Å²) >= 11 is 1.43. The van der Waals surface area contributed by atoms with Gasteiger partial charge < -0.3 is 29.7 Å². The first-order valence-electron chi connectivity index (χ1n) is 13.2. The lowest BCUT2D eigenvalue weighted by atomic mass is 10.0. The summed E-state index contributed by atoms with van der Waals surface area (Å²) < 4.78 is 17.6. The first kappa shape index (κ1) is 30.3. The molecule has 3 N–H and O–H groups in total. The van der Waals surface area contributed by atoms with Crippen molar-refractivity contribution >= 4 is 29.6 Å². The van der Waals surface area contributed by atoms with Gasteiger partial charge in [-0.3, -0.25) is 9.59 Å². The number of hydrogen-bond donors (Lipinski definition) is 3. The normalized spacial score (nSPS) is 19.2. The van der Waals surface area contributed by atoms with Gasteiger partial charge in [-0.15, -0.1) is 11.8 Å². The van der Waals surface area contributed by atoms with Crippen LogP contribution in [0, 0.1) is 0 Å². The third-order valence-corrected chi connectivity index (χ3v) is 7.79. The van der Waals surface area contributed by atoms with Crippen LogP contribution in [0.15, 0.2) is 77.7 Å². The molecule has 1 saturated heterocycles. The number of benzene rings is 3. The molecule has 0 bridgehead atoms. The van der Waals surface area contributed by atoms with Gasteiger partial charge in [0.25, 0.3) is 5.91 Å². The average molecular weight is 580 g/mol. The van der Waals surface area contributed by atoms with Gasteiger partial charge in [-0.25, -0.2) is 4.79 Å². The van der Waals surface area contributed by atoms with Gasteiger partial charge in [0.1, 0.15) is 0 Å². The summed E-state index contributed by atoms with van der Waals surface area (Å²) in [6.07, 6.45) is -1.48. The molecule has 0 saturated carbocycles. The van der Waals surface area contributed by atoms with Gasteiger partial charge in [0, 0.05) is 36.1 Å². The predicted octanol–water partition coefficient (Wildman–Crippen LogP) is 4.78. The summed E-state index contributed by atoms with van der Waals surface area (Å²) in [6.45, 7) is 2.99. The number of esters is 1. The van der Waals surface area contributed by atoms with Gasteiger partial charge >= 0.3 is 11.9 Å². The molecule has 1 heterocycles. The van der Waals surface area contributed by atoms with Crippen molar-refractivity contribution in [1.29, 1.82) is 0 Å². The molecule has 1 aliphatic rings. The standard InChI is InChI=1S/C31H33NO8S/c1-19(38-20(2)34)29(35)32-16-21-7-13-24(14-8-21)31-39-25(18-41-28-6-4-3-5-26(28)30(36)37)15-27(40-31)23-11-9-22(17-33)10-12-23/h3-14,19,25,27,31,33H,15-18H2,1-2H3,(H,32,35)(H,36,37)/t19-,25+,27-,31-/m0/s1. The van der Waals surface area contributed by atoms with Crippen LogP contribution in [-0.4, -0.2) is 46.0 Å². The van der Waals surface area contributed by atoms with E-state index in [1.807, 2.05) is 54.6 Å². The second-order valence-electron chi connectivity index (χ2n) is 9.67. The third kappa shape index (κ3) is 8.40. The van der Waals surface area contributed by atoms with E-state index in [1.165, 1.54) is 25.6 Å². The van der Waals surface area contributed by atoms with Gasteiger partial charge in [-0.1, -0.05) is 60.7 Å². The lowest BCUT2D eigenvalue weighted by Gasteiger charge is -2.36. The van der Waals surface area contributed by atoms with Gasteiger partial charge in [-0.2, -0.15) is 0 Å². The Hall–Kier alpha value is -3.70. The number of ether oxygens (including phenoxy) is 3. The highest BCUT2D eigenvalue weighted by molar-refractivity contribution is 7.99. The van der Waals surface area contributed by atoms with Crippen LogP contribution in [0.1, 0.15) is 65.3 Å². The van der Waals surface area contributed by atoms with E-state index in [1.54, 1.807) is 18.2 Å². The van der Waals surface area contributed by atoms with E-state index in [4.69, 9.17) is 14.2 Å². The minimum atomic E-state index is -0.974. The highest BCUT2D eigenvalue weighted by Crippen LogP contribution is 2.39. The maximum Gasteiger partial charge on any atom is 0.336 e. The number of aliphatic hydroxyl groups is 1. The SMILES string of the molecule is CC(=O)O[C@@H](C)C(=O)NCc1ccc([C@H]2O[C@@H](CSc3ccccc3C(=O)O)C[C@@H](c3ccc(CO)cc3)O2)cc1. The van der Waals surface area contributed by atoms with Crippen LogP contribution < -0.4 is 5.32 Å². The molecule has 3 aromatic carbocycles. The molecule has 3 aromatic rings. The number of aromatic carboxylic acids is 1. The molecule has 1 fully saturated rings. The summed E-state index contributed by atoms with van der Waals surface area (Å²) in [4.78, 5) is 35.6. The number of rotatable bonds is 11. The molecule has 0 aliphatic carbocycles. The van der Waals surface area contributed by atoms with Crippen molar-refractivity contribution in [3.8, 4) is 0 Å². The van der Waals surface area contributed by atoms with Gasteiger partial charge in [0.15, 0.2) is 12.4 Å². The van der Waals surface area contributed by atoms with Crippen molar-refractivity contribution < 1.29 is 38.8 Å². The molecular formula is C31H33NO8S. The molecule has 10 heteroatoms. The fourth-order valence-corrected chi connectivity index (χ4v) is 5.47. The highest BCUT2D eigenvalue weighted by Gasteiger charge is 2.32. The van der Waals surface area contributed by atoms with Crippen LogP contribution in [-0.2, 0) is 37.0 Å². The van der Waals surface area contributed by atoms with Crippen molar-refractivity contribution in [1.82, 2.24) is 5.32 Å². The van der Waals surface area contributed by atoms with E-state index in [2.05, 4.69) is 5.32 Å². The largest absolute Gasteiger partial charge is 0.478 e. The van der Waals surface area contributed by atoms with E-state index in [9.17, 15) is 24.6 Å². The Morgan fingerprint density at radius 3 is 2.29 bits per heavy atom. The Kier molecular flexibility index (Phi) is 10.5.